The monoisotopic (exact) mass is 296 g/mol. The van der Waals surface area contributed by atoms with E-state index in [1.54, 1.807) is 6.07 Å². The molecule has 0 fully saturated rings. The fourth-order valence-corrected chi connectivity index (χ4v) is 2.53. The van der Waals surface area contributed by atoms with Crippen LogP contribution in [-0.4, -0.2) is 10.9 Å². The molecule has 4 nitrogen and oxygen atoms in total. The van der Waals surface area contributed by atoms with Crippen molar-refractivity contribution in [1.82, 2.24) is 10.3 Å². The highest BCUT2D eigenvalue weighted by atomic mass is 35.5. The van der Waals surface area contributed by atoms with Gasteiger partial charge >= 0.3 is 4.87 Å². The molecule has 2 rings (SSSR count). The van der Waals surface area contributed by atoms with Gasteiger partial charge in [-0.2, -0.15) is 0 Å². The Kier molecular flexibility index (Phi) is 4.39. The Balaban J connectivity index is 2.15. The van der Waals surface area contributed by atoms with Gasteiger partial charge in [-0.05, 0) is 24.1 Å². The third kappa shape index (κ3) is 3.45. The van der Waals surface area contributed by atoms with Crippen LogP contribution in [0.4, 0.5) is 0 Å². The summed E-state index contributed by atoms with van der Waals surface area (Å²) in [6.45, 7) is 1.97. The summed E-state index contributed by atoms with van der Waals surface area (Å²) in [6.07, 6.45) is 0.737. The number of aromatic amines is 1. The van der Waals surface area contributed by atoms with Crippen molar-refractivity contribution in [3.63, 3.8) is 0 Å². The molecule has 0 saturated heterocycles. The Morgan fingerprint density at radius 2 is 2.32 bits per heavy atom. The SMILES string of the molecule is CCC(NC(=O)c1csc(=O)[nH]1)c1cccc(Cl)c1. The number of carbonyl (C=O) groups excluding carboxylic acids is 1. The quantitative estimate of drug-likeness (QED) is 0.911. The number of carbonyl (C=O) groups is 1. The van der Waals surface area contributed by atoms with Crippen molar-refractivity contribution in [3.05, 3.63) is 55.6 Å². The molecule has 0 spiro atoms. The molecular weight excluding hydrogens is 284 g/mol. The molecule has 0 saturated carbocycles. The molecule has 1 aromatic carbocycles. The van der Waals surface area contributed by atoms with Crippen LogP contribution in [0.5, 0.6) is 0 Å². The maximum atomic E-state index is 12.0. The van der Waals surface area contributed by atoms with E-state index in [-0.39, 0.29) is 22.5 Å². The fourth-order valence-electron chi connectivity index (χ4n) is 1.77. The largest absolute Gasteiger partial charge is 0.344 e. The summed E-state index contributed by atoms with van der Waals surface area (Å²) >= 11 is 6.92. The molecule has 100 valence electrons. The van der Waals surface area contributed by atoms with Gasteiger partial charge in [0.15, 0.2) is 0 Å². The number of thiazole rings is 1. The maximum Gasteiger partial charge on any atom is 0.305 e. The predicted molar refractivity (Wildman–Crippen MR) is 76.9 cm³/mol. The lowest BCUT2D eigenvalue weighted by atomic mass is 10.0. The van der Waals surface area contributed by atoms with Crippen LogP contribution in [0.3, 0.4) is 0 Å². The predicted octanol–water partition coefficient (Wildman–Crippen LogP) is 2.97. The molecule has 0 aliphatic carbocycles. The Bertz CT molecular complexity index is 635. The highest BCUT2D eigenvalue weighted by Gasteiger charge is 2.15. The van der Waals surface area contributed by atoms with E-state index in [4.69, 9.17) is 11.6 Å². The second kappa shape index (κ2) is 6.04. The molecule has 6 heteroatoms. The van der Waals surface area contributed by atoms with Gasteiger partial charge in [-0.1, -0.05) is 42.0 Å². The number of rotatable bonds is 4. The van der Waals surface area contributed by atoms with Crippen LogP contribution < -0.4 is 10.2 Å². The second-order valence-corrected chi connectivity index (χ2v) is 5.33. The first-order valence-electron chi connectivity index (χ1n) is 5.84. The molecular formula is C13H13ClN2O2S. The number of halogens is 1. The number of hydrogen-bond acceptors (Lipinski definition) is 3. The van der Waals surface area contributed by atoms with Crippen LogP contribution >= 0.6 is 22.9 Å². The lowest BCUT2D eigenvalue weighted by molar-refractivity contribution is 0.0931. The first-order valence-corrected chi connectivity index (χ1v) is 7.10. The van der Waals surface area contributed by atoms with Crippen molar-refractivity contribution < 1.29 is 4.79 Å². The summed E-state index contributed by atoms with van der Waals surface area (Å²) < 4.78 is 0. The van der Waals surface area contributed by atoms with Crippen LogP contribution in [0.2, 0.25) is 5.02 Å². The van der Waals surface area contributed by atoms with E-state index < -0.39 is 0 Å². The smallest absolute Gasteiger partial charge is 0.305 e. The Labute approximate surface area is 119 Å². The Morgan fingerprint density at radius 1 is 1.53 bits per heavy atom. The van der Waals surface area contributed by atoms with Gasteiger partial charge in [0.1, 0.15) is 5.69 Å². The maximum absolute atomic E-state index is 12.0. The zero-order valence-corrected chi connectivity index (χ0v) is 11.8. The molecule has 0 aliphatic rings. The first-order chi connectivity index (χ1) is 9.10. The second-order valence-electron chi connectivity index (χ2n) is 4.05. The summed E-state index contributed by atoms with van der Waals surface area (Å²) in [5.41, 5.74) is 1.23. The molecule has 0 aliphatic heterocycles. The van der Waals surface area contributed by atoms with Crippen molar-refractivity contribution in [1.29, 1.82) is 0 Å². The van der Waals surface area contributed by atoms with E-state index in [2.05, 4.69) is 10.3 Å². The third-order valence-corrected chi connectivity index (χ3v) is 3.63. The van der Waals surface area contributed by atoms with Gasteiger partial charge in [0, 0.05) is 10.4 Å². The van der Waals surface area contributed by atoms with Gasteiger partial charge in [0.2, 0.25) is 0 Å². The van der Waals surface area contributed by atoms with Crippen molar-refractivity contribution in [2.24, 2.45) is 0 Å². The van der Waals surface area contributed by atoms with Crippen LogP contribution in [0.25, 0.3) is 0 Å². The van der Waals surface area contributed by atoms with Crippen LogP contribution in [0.15, 0.2) is 34.4 Å². The van der Waals surface area contributed by atoms with Crippen molar-refractivity contribution in [2.45, 2.75) is 19.4 Å². The summed E-state index contributed by atoms with van der Waals surface area (Å²) in [5.74, 6) is -0.287. The molecule has 1 atom stereocenters. The van der Waals surface area contributed by atoms with Gasteiger partial charge in [0.25, 0.3) is 5.91 Å². The average Bonchev–Trinajstić information content (AvgIpc) is 2.82. The summed E-state index contributed by atoms with van der Waals surface area (Å²) in [5, 5.41) is 5.03. The number of H-pyrrole nitrogens is 1. The molecule has 1 aromatic heterocycles. The van der Waals surface area contributed by atoms with E-state index in [1.165, 1.54) is 5.38 Å². The normalized spacial score (nSPS) is 12.1. The van der Waals surface area contributed by atoms with Crippen molar-refractivity contribution in [2.75, 3.05) is 0 Å². The van der Waals surface area contributed by atoms with Gasteiger partial charge < -0.3 is 10.3 Å². The van der Waals surface area contributed by atoms with E-state index >= 15 is 0 Å². The number of benzene rings is 1. The average molecular weight is 297 g/mol. The van der Waals surface area contributed by atoms with Gasteiger partial charge in [-0.15, -0.1) is 0 Å². The fraction of sp³-hybridized carbons (Fsp3) is 0.231. The van der Waals surface area contributed by atoms with Gasteiger partial charge in [-0.3, -0.25) is 9.59 Å². The highest BCUT2D eigenvalue weighted by molar-refractivity contribution is 7.07. The standard InChI is InChI=1S/C13H13ClN2O2S/c1-2-10(8-4-3-5-9(14)6-8)15-12(17)11-7-19-13(18)16-11/h3-7,10H,2H2,1H3,(H,15,17)(H,16,18). The highest BCUT2D eigenvalue weighted by Crippen LogP contribution is 2.20. The minimum atomic E-state index is -0.287. The van der Waals surface area contributed by atoms with E-state index in [9.17, 15) is 9.59 Å². The first kappa shape index (κ1) is 13.8. The minimum Gasteiger partial charge on any atom is -0.344 e. The third-order valence-electron chi connectivity index (χ3n) is 2.73. The van der Waals surface area contributed by atoms with E-state index in [0.29, 0.717) is 5.02 Å². The number of hydrogen-bond donors (Lipinski definition) is 2. The molecule has 2 N–H and O–H groups in total. The summed E-state index contributed by atoms with van der Waals surface area (Å²) in [7, 11) is 0. The zero-order valence-electron chi connectivity index (χ0n) is 10.3. The Hall–Kier alpha value is -1.59. The van der Waals surface area contributed by atoms with Crippen LogP contribution in [0, 0.1) is 0 Å². The molecule has 0 bridgehead atoms. The van der Waals surface area contributed by atoms with Crippen LogP contribution in [-0.2, 0) is 0 Å². The molecule has 2 aromatic rings. The molecule has 1 amide bonds. The lowest BCUT2D eigenvalue weighted by Gasteiger charge is -2.17. The molecule has 1 heterocycles. The van der Waals surface area contributed by atoms with E-state index in [1.807, 2.05) is 25.1 Å². The van der Waals surface area contributed by atoms with Gasteiger partial charge in [-0.25, -0.2) is 0 Å². The van der Waals surface area contributed by atoms with Crippen molar-refractivity contribution in [3.8, 4) is 0 Å². The number of aromatic nitrogens is 1. The number of amides is 1. The lowest BCUT2D eigenvalue weighted by Crippen LogP contribution is -2.28. The minimum absolute atomic E-state index is 0.130. The topological polar surface area (TPSA) is 62.0 Å². The van der Waals surface area contributed by atoms with E-state index in [0.717, 1.165) is 23.3 Å². The number of nitrogens with one attached hydrogen (secondary N) is 2. The summed E-state index contributed by atoms with van der Waals surface area (Å²) in [4.78, 5) is 25.3. The molecule has 0 radical (unpaired) electrons. The molecule has 19 heavy (non-hydrogen) atoms. The Morgan fingerprint density at radius 3 is 2.89 bits per heavy atom. The van der Waals surface area contributed by atoms with Crippen LogP contribution in [0.1, 0.15) is 35.4 Å². The summed E-state index contributed by atoms with van der Waals surface area (Å²) in [6, 6.07) is 7.24. The van der Waals surface area contributed by atoms with Crippen molar-refractivity contribution >= 4 is 28.8 Å². The van der Waals surface area contributed by atoms with Gasteiger partial charge in [0.05, 0.1) is 6.04 Å². The zero-order chi connectivity index (χ0) is 13.8. The molecule has 1 unspecified atom stereocenters.